The van der Waals surface area contributed by atoms with E-state index < -0.39 is 0 Å². The molecule has 3 heteroatoms. The molecule has 0 aliphatic heterocycles. The Balaban J connectivity index is 2.54. The van der Waals surface area contributed by atoms with Crippen LogP contribution in [0.25, 0.3) is 21.9 Å². The summed E-state index contributed by atoms with van der Waals surface area (Å²) in [6.45, 7) is 0. The van der Waals surface area contributed by atoms with Gasteiger partial charge in [-0.2, -0.15) is 0 Å². The minimum atomic E-state index is 0.560. The predicted octanol–water partition coefficient (Wildman–Crippen LogP) is 4.05. The monoisotopic (exact) mass is 230 g/mol. The van der Waals surface area contributed by atoms with E-state index in [0.717, 1.165) is 17.1 Å². The Labute approximate surface area is 96.4 Å². The first-order valence-corrected chi connectivity index (χ1v) is 5.23. The second-order valence-electron chi connectivity index (χ2n) is 3.58. The number of furan rings is 1. The van der Waals surface area contributed by atoms with Crippen molar-refractivity contribution in [2.24, 2.45) is 0 Å². The fourth-order valence-electron chi connectivity index (χ4n) is 1.89. The van der Waals surface area contributed by atoms with Gasteiger partial charge in [0.05, 0.1) is 5.56 Å². The lowest BCUT2D eigenvalue weighted by Gasteiger charge is -1.91. The molecule has 1 aromatic heterocycles. The van der Waals surface area contributed by atoms with E-state index in [-0.39, 0.29) is 0 Å². The number of carbonyl (C=O) groups is 1. The highest BCUT2D eigenvalue weighted by atomic mass is 35.5. The van der Waals surface area contributed by atoms with Crippen molar-refractivity contribution in [2.75, 3.05) is 0 Å². The normalized spacial score (nSPS) is 11.1. The fraction of sp³-hybridized carbons (Fsp3) is 0. The third kappa shape index (κ3) is 1.24. The molecule has 0 unspecified atom stereocenters. The molecule has 0 aliphatic carbocycles. The Morgan fingerprint density at radius 2 is 2.00 bits per heavy atom. The lowest BCUT2D eigenvalue weighted by atomic mass is 10.1. The summed E-state index contributed by atoms with van der Waals surface area (Å²) in [4.78, 5) is 10.9. The summed E-state index contributed by atoms with van der Waals surface area (Å²) in [6.07, 6.45) is 0.798. The largest absolute Gasteiger partial charge is 0.455 e. The molecular weight excluding hydrogens is 224 g/mol. The van der Waals surface area contributed by atoms with Gasteiger partial charge in [0.2, 0.25) is 0 Å². The summed E-state index contributed by atoms with van der Waals surface area (Å²) in [5.74, 6) is 0. The molecule has 0 saturated carbocycles. The third-order valence-electron chi connectivity index (χ3n) is 2.62. The highest BCUT2D eigenvalue weighted by Gasteiger charge is 2.09. The van der Waals surface area contributed by atoms with Crippen LogP contribution in [0.15, 0.2) is 40.8 Å². The average molecular weight is 231 g/mol. The molecule has 2 aromatic carbocycles. The quantitative estimate of drug-likeness (QED) is 0.591. The van der Waals surface area contributed by atoms with Crippen molar-refractivity contribution in [2.45, 2.75) is 0 Å². The summed E-state index contributed by atoms with van der Waals surface area (Å²) < 4.78 is 5.64. The van der Waals surface area contributed by atoms with Gasteiger partial charge in [-0.15, -0.1) is 0 Å². The Morgan fingerprint density at radius 3 is 2.81 bits per heavy atom. The summed E-state index contributed by atoms with van der Waals surface area (Å²) >= 11 is 5.89. The summed E-state index contributed by atoms with van der Waals surface area (Å²) in [5.41, 5.74) is 1.89. The maximum absolute atomic E-state index is 10.9. The molecule has 16 heavy (non-hydrogen) atoms. The molecule has 1 heterocycles. The highest BCUT2D eigenvalue weighted by molar-refractivity contribution is 6.31. The predicted molar refractivity (Wildman–Crippen MR) is 64.1 cm³/mol. The van der Waals surface area contributed by atoms with Gasteiger partial charge in [-0.3, -0.25) is 4.79 Å². The maximum Gasteiger partial charge on any atom is 0.153 e. The van der Waals surface area contributed by atoms with Crippen molar-refractivity contribution >= 4 is 39.8 Å². The van der Waals surface area contributed by atoms with E-state index in [1.807, 2.05) is 24.3 Å². The van der Waals surface area contributed by atoms with E-state index >= 15 is 0 Å². The van der Waals surface area contributed by atoms with E-state index in [2.05, 4.69) is 0 Å². The summed E-state index contributed by atoms with van der Waals surface area (Å²) in [5, 5.41) is 2.54. The number of hydrogen-bond donors (Lipinski definition) is 0. The standard InChI is InChI=1S/C13H7ClO2/c14-9-4-5-10-11-3-1-2-8(7-15)13(11)16-12(10)6-9/h1-7H. The maximum atomic E-state index is 10.9. The Morgan fingerprint density at radius 1 is 1.12 bits per heavy atom. The first-order chi connectivity index (χ1) is 7.79. The van der Waals surface area contributed by atoms with Crippen molar-refractivity contribution in [1.29, 1.82) is 0 Å². The number of halogens is 1. The smallest absolute Gasteiger partial charge is 0.153 e. The van der Waals surface area contributed by atoms with Gasteiger partial charge < -0.3 is 4.42 Å². The van der Waals surface area contributed by atoms with E-state index in [0.29, 0.717) is 21.8 Å². The lowest BCUT2D eigenvalue weighted by molar-refractivity contribution is 0.112. The second kappa shape index (κ2) is 3.35. The minimum Gasteiger partial charge on any atom is -0.455 e. The zero-order valence-corrected chi connectivity index (χ0v) is 8.99. The van der Waals surface area contributed by atoms with Crippen LogP contribution in [0.3, 0.4) is 0 Å². The summed E-state index contributed by atoms with van der Waals surface area (Å²) in [6, 6.07) is 11.0. The van der Waals surface area contributed by atoms with Crippen LogP contribution in [0, 0.1) is 0 Å². The number of rotatable bonds is 1. The van der Waals surface area contributed by atoms with Gasteiger partial charge in [0.1, 0.15) is 11.2 Å². The van der Waals surface area contributed by atoms with Crippen LogP contribution < -0.4 is 0 Å². The molecule has 2 nitrogen and oxygen atoms in total. The number of aldehydes is 1. The SMILES string of the molecule is O=Cc1cccc2c1oc1cc(Cl)ccc12. The van der Waals surface area contributed by atoms with Crippen LogP contribution in [0.5, 0.6) is 0 Å². The number of carbonyl (C=O) groups excluding carboxylic acids is 1. The Hall–Kier alpha value is -1.80. The molecule has 0 N–H and O–H groups in total. The van der Waals surface area contributed by atoms with E-state index in [1.165, 1.54) is 0 Å². The molecular formula is C13H7ClO2. The van der Waals surface area contributed by atoms with Crippen molar-refractivity contribution in [3.63, 3.8) is 0 Å². The van der Waals surface area contributed by atoms with Crippen molar-refractivity contribution in [3.8, 4) is 0 Å². The molecule has 0 atom stereocenters. The number of benzene rings is 2. The van der Waals surface area contributed by atoms with Gasteiger partial charge in [0.15, 0.2) is 6.29 Å². The Bertz CT molecular complexity index is 698. The zero-order valence-electron chi connectivity index (χ0n) is 8.24. The van der Waals surface area contributed by atoms with Crippen LogP contribution in [-0.4, -0.2) is 6.29 Å². The van der Waals surface area contributed by atoms with E-state index in [4.69, 9.17) is 16.0 Å². The molecule has 0 fully saturated rings. The van der Waals surface area contributed by atoms with Crippen LogP contribution in [0.4, 0.5) is 0 Å². The molecule has 0 bridgehead atoms. The third-order valence-corrected chi connectivity index (χ3v) is 2.85. The molecule has 3 rings (SSSR count). The molecule has 0 spiro atoms. The molecule has 0 aliphatic rings. The molecule has 3 aromatic rings. The van der Waals surface area contributed by atoms with Crippen molar-refractivity contribution in [1.82, 2.24) is 0 Å². The summed E-state index contributed by atoms with van der Waals surface area (Å²) in [7, 11) is 0. The minimum absolute atomic E-state index is 0.560. The van der Waals surface area contributed by atoms with Crippen molar-refractivity contribution < 1.29 is 9.21 Å². The topological polar surface area (TPSA) is 30.2 Å². The van der Waals surface area contributed by atoms with Gasteiger partial charge in [-0.1, -0.05) is 23.7 Å². The first-order valence-electron chi connectivity index (χ1n) is 4.85. The Kier molecular flexibility index (Phi) is 1.98. The van der Waals surface area contributed by atoms with Gasteiger partial charge in [0, 0.05) is 21.9 Å². The van der Waals surface area contributed by atoms with Gasteiger partial charge in [-0.25, -0.2) is 0 Å². The molecule has 0 saturated heterocycles. The highest BCUT2D eigenvalue weighted by Crippen LogP contribution is 2.31. The fourth-order valence-corrected chi connectivity index (χ4v) is 2.05. The number of hydrogen-bond acceptors (Lipinski definition) is 2. The lowest BCUT2D eigenvalue weighted by Crippen LogP contribution is -1.78. The van der Waals surface area contributed by atoms with Crippen LogP contribution in [0.1, 0.15) is 10.4 Å². The average Bonchev–Trinajstić information content (AvgIpc) is 2.65. The van der Waals surface area contributed by atoms with Crippen molar-refractivity contribution in [3.05, 3.63) is 47.0 Å². The van der Waals surface area contributed by atoms with Gasteiger partial charge >= 0.3 is 0 Å². The molecule has 0 radical (unpaired) electrons. The van der Waals surface area contributed by atoms with E-state index in [1.54, 1.807) is 12.1 Å². The van der Waals surface area contributed by atoms with Gasteiger partial charge in [0.25, 0.3) is 0 Å². The first kappa shape index (κ1) is 9.43. The second-order valence-corrected chi connectivity index (χ2v) is 4.02. The molecule has 0 amide bonds. The number of fused-ring (bicyclic) bond motifs is 3. The van der Waals surface area contributed by atoms with Gasteiger partial charge in [-0.05, 0) is 18.2 Å². The molecule has 78 valence electrons. The number of para-hydroxylation sites is 1. The van der Waals surface area contributed by atoms with Crippen LogP contribution >= 0.6 is 11.6 Å². The van der Waals surface area contributed by atoms with E-state index in [9.17, 15) is 4.79 Å². The van der Waals surface area contributed by atoms with Crippen LogP contribution in [0.2, 0.25) is 5.02 Å². The van der Waals surface area contributed by atoms with Crippen LogP contribution in [-0.2, 0) is 0 Å². The zero-order chi connectivity index (χ0) is 11.1.